The minimum Gasteiger partial charge on any atom is -0.319 e. The molecule has 0 fully saturated rings. The van der Waals surface area contributed by atoms with Crippen molar-refractivity contribution in [2.75, 3.05) is 5.32 Å². The molecule has 110 valence electrons. The lowest BCUT2D eigenvalue weighted by Crippen LogP contribution is -2.15. The number of nitrogens with zero attached hydrogens (tertiary/aromatic N) is 1. The number of carbonyl (C=O) groups is 1. The first-order chi connectivity index (χ1) is 9.77. The number of halogens is 5. The monoisotopic (exact) mass is 302 g/mol. The predicted octanol–water partition coefficient (Wildman–Crippen LogP) is 3.63. The van der Waals surface area contributed by atoms with Gasteiger partial charge in [-0.3, -0.25) is 9.78 Å². The lowest BCUT2D eigenvalue weighted by atomic mass is 10.2. The second kappa shape index (κ2) is 5.47. The lowest BCUT2D eigenvalue weighted by molar-refractivity contribution is -0.141. The third kappa shape index (κ3) is 3.53. The molecule has 8 heteroatoms. The van der Waals surface area contributed by atoms with Crippen LogP contribution in [0.5, 0.6) is 0 Å². The number of nitrogens with one attached hydrogen (secondary N) is 1. The van der Waals surface area contributed by atoms with Gasteiger partial charge in [0.25, 0.3) is 5.91 Å². The first-order valence-corrected chi connectivity index (χ1v) is 5.57. The molecule has 1 amide bonds. The zero-order chi connectivity index (χ0) is 15.6. The quantitative estimate of drug-likeness (QED) is 0.861. The molecule has 21 heavy (non-hydrogen) atoms. The van der Waals surface area contributed by atoms with Crippen LogP contribution in [0, 0.1) is 11.6 Å². The van der Waals surface area contributed by atoms with E-state index in [1.165, 1.54) is 0 Å². The van der Waals surface area contributed by atoms with E-state index in [0.29, 0.717) is 12.1 Å². The maximum Gasteiger partial charge on any atom is 0.433 e. The van der Waals surface area contributed by atoms with Crippen LogP contribution in [0.15, 0.2) is 36.5 Å². The summed E-state index contributed by atoms with van der Waals surface area (Å²) in [6.45, 7) is 0. The number of carbonyl (C=O) groups excluding carboxylic acids is 1. The molecule has 3 nitrogen and oxygen atoms in total. The average Bonchev–Trinajstić information content (AvgIpc) is 2.41. The fourth-order valence-electron chi connectivity index (χ4n) is 1.48. The van der Waals surface area contributed by atoms with Crippen LogP contribution in [0.3, 0.4) is 0 Å². The van der Waals surface area contributed by atoms with Crippen LogP contribution in [-0.2, 0) is 6.18 Å². The number of hydrogen-bond donors (Lipinski definition) is 1. The van der Waals surface area contributed by atoms with Gasteiger partial charge in [0.05, 0.1) is 11.3 Å². The third-order valence-electron chi connectivity index (χ3n) is 2.50. The van der Waals surface area contributed by atoms with E-state index in [2.05, 4.69) is 10.3 Å². The van der Waals surface area contributed by atoms with Gasteiger partial charge in [0.1, 0.15) is 17.3 Å². The van der Waals surface area contributed by atoms with E-state index >= 15 is 0 Å². The summed E-state index contributed by atoms with van der Waals surface area (Å²) in [5.41, 5.74) is -1.62. The van der Waals surface area contributed by atoms with Gasteiger partial charge in [-0.15, -0.1) is 0 Å². The number of anilines is 1. The summed E-state index contributed by atoms with van der Waals surface area (Å²) in [6, 6.07) is 4.05. The Morgan fingerprint density at radius 3 is 2.33 bits per heavy atom. The molecule has 0 radical (unpaired) electrons. The van der Waals surface area contributed by atoms with E-state index < -0.39 is 29.4 Å². The van der Waals surface area contributed by atoms with Crippen LogP contribution in [0.25, 0.3) is 0 Å². The molecule has 1 aromatic heterocycles. The molecular formula is C13H7F5N2O. The summed E-state index contributed by atoms with van der Waals surface area (Å²) in [4.78, 5) is 14.8. The second-order valence-electron chi connectivity index (χ2n) is 4.01. The first kappa shape index (κ1) is 14.9. The van der Waals surface area contributed by atoms with Crippen LogP contribution >= 0.6 is 0 Å². The Hall–Kier alpha value is -2.51. The number of pyridine rings is 1. The molecule has 0 bridgehead atoms. The molecule has 1 heterocycles. The van der Waals surface area contributed by atoms with Crippen molar-refractivity contribution in [1.29, 1.82) is 0 Å². The van der Waals surface area contributed by atoms with Crippen molar-refractivity contribution >= 4 is 11.6 Å². The zero-order valence-corrected chi connectivity index (χ0v) is 10.2. The van der Waals surface area contributed by atoms with Gasteiger partial charge < -0.3 is 5.32 Å². The van der Waals surface area contributed by atoms with E-state index in [0.717, 1.165) is 24.4 Å². The smallest absolute Gasteiger partial charge is 0.319 e. The van der Waals surface area contributed by atoms with E-state index in [4.69, 9.17) is 0 Å². The molecule has 0 saturated carbocycles. The van der Waals surface area contributed by atoms with Crippen molar-refractivity contribution in [3.05, 3.63) is 59.4 Å². The standard InChI is InChI=1S/C13H7F5N2O/c14-8-2-3-10(9(15)5-8)20-12(21)7-1-4-11(19-6-7)13(16,17)18/h1-6H,(H,20,21). The SMILES string of the molecule is O=C(Nc1ccc(F)cc1F)c1ccc(C(F)(F)F)nc1. The average molecular weight is 302 g/mol. The van der Waals surface area contributed by atoms with Crippen LogP contribution in [0.4, 0.5) is 27.6 Å². The van der Waals surface area contributed by atoms with Crippen molar-refractivity contribution in [3.63, 3.8) is 0 Å². The molecule has 2 rings (SSSR count). The predicted molar refractivity (Wildman–Crippen MR) is 63.6 cm³/mol. The third-order valence-corrected chi connectivity index (χ3v) is 2.50. The van der Waals surface area contributed by atoms with Crippen molar-refractivity contribution in [3.8, 4) is 0 Å². The second-order valence-corrected chi connectivity index (χ2v) is 4.01. The van der Waals surface area contributed by atoms with Crippen LogP contribution in [0.2, 0.25) is 0 Å². The van der Waals surface area contributed by atoms with E-state index in [9.17, 15) is 26.7 Å². The zero-order valence-electron chi connectivity index (χ0n) is 10.2. The van der Waals surface area contributed by atoms with Gasteiger partial charge in [-0.2, -0.15) is 13.2 Å². The minimum atomic E-state index is -4.61. The van der Waals surface area contributed by atoms with Crippen LogP contribution < -0.4 is 5.32 Å². The largest absolute Gasteiger partial charge is 0.433 e. The highest BCUT2D eigenvalue weighted by atomic mass is 19.4. The Bertz CT molecular complexity index is 667. The maximum absolute atomic E-state index is 13.3. The molecule has 1 aromatic carbocycles. The highest BCUT2D eigenvalue weighted by Crippen LogP contribution is 2.27. The molecule has 0 atom stereocenters. The number of rotatable bonds is 2. The Morgan fingerprint density at radius 1 is 1.10 bits per heavy atom. The Balaban J connectivity index is 2.17. The van der Waals surface area contributed by atoms with E-state index in [-0.39, 0.29) is 11.3 Å². The molecule has 0 aliphatic heterocycles. The molecule has 2 aromatic rings. The minimum absolute atomic E-state index is 0.188. The van der Waals surface area contributed by atoms with Crippen molar-refractivity contribution < 1.29 is 26.7 Å². The highest BCUT2D eigenvalue weighted by Gasteiger charge is 2.32. The maximum atomic E-state index is 13.3. The molecular weight excluding hydrogens is 295 g/mol. The van der Waals surface area contributed by atoms with Gasteiger partial charge in [0.15, 0.2) is 0 Å². The van der Waals surface area contributed by atoms with Gasteiger partial charge in [-0.05, 0) is 24.3 Å². The Kier molecular flexibility index (Phi) is 3.88. The normalized spacial score (nSPS) is 11.3. The van der Waals surface area contributed by atoms with Gasteiger partial charge in [-0.1, -0.05) is 0 Å². The fourth-order valence-corrected chi connectivity index (χ4v) is 1.48. The van der Waals surface area contributed by atoms with Crippen molar-refractivity contribution in [2.24, 2.45) is 0 Å². The molecule has 0 saturated heterocycles. The first-order valence-electron chi connectivity index (χ1n) is 5.57. The van der Waals surface area contributed by atoms with Crippen LogP contribution in [0.1, 0.15) is 16.1 Å². The molecule has 0 aliphatic rings. The number of aromatic nitrogens is 1. The van der Waals surface area contributed by atoms with Gasteiger partial charge in [0, 0.05) is 12.3 Å². The van der Waals surface area contributed by atoms with E-state index in [1.54, 1.807) is 0 Å². The van der Waals surface area contributed by atoms with Crippen molar-refractivity contribution in [1.82, 2.24) is 4.98 Å². The van der Waals surface area contributed by atoms with Gasteiger partial charge in [0.2, 0.25) is 0 Å². The topological polar surface area (TPSA) is 42.0 Å². The van der Waals surface area contributed by atoms with Crippen LogP contribution in [-0.4, -0.2) is 10.9 Å². The Morgan fingerprint density at radius 2 is 1.81 bits per heavy atom. The lowest BCUT2D eigenvalue weighted by Gasteiger charge is -2.08. The summed E-state index contributed by atoms with van der Waals surface area (Å²) < 4.78 is 63.0. The number of hydrogen-bond acceptors (Lipinski definition) is 2. The van der Waals surface area contributed by atoms with Gasteiger partial charge >= 0.3 is 6.18 Å². The van der Waals surface area contributed by atoms with E-state index in [1.807, 2.05) is 0 Å². The molecule has 0 aliphatic carbocycles. The Labute approximate surface area is 115 Å². The van der Waals surface area contributed by atoms with Gasteiger partial charge in [-0.25, -0.2) is 8.78 Å². The molecule has 0 spiro atoms. The summed E-state index contributed by atoms with van der Waals surface area (Å²) in [6.07, 6.45) is -3.89. The van der Waals surface area contributed by atoms with Crippen molar-refractivity contribution in [2.45, 2.75) is 6.18 Å². The summed E-state index contributed by atoms with van der Waals surface area (Å²) >= 11 is 0. The number of amides is 1. The molecule has 0 unspecified atom stereocenters. The number of benzene rings is 1. The summed E-state index contributed by atoms with van der Waals surface area (Å²) in [5, 5.41) is 2.11. The fraction of sp³-hybridized carbons (Fsp3) is 0.0769. The molecule has 1 N–H and O–H groups in total. The number of alkyl halides is 3. The highest BCUT2D eigenvalue weighted by molar-refractivity contribution is 6.04. The summed E-state index contributed by atoms with van der Waals surface area (Å²) in [5.74, 6) is -2.67. The summed E-state index contributed by atoms with van der Waals surface area (Å²) in [7, 11) is 0.